The zero-order valence-electron chi connectivity index (χ0n) is 17.2. The van der Waals surface area contributed by atoms with Crippen LogP contribution in [0.25, 0.3) is 6.08 Å². The maximum Gasteiger partial charge on any atom is 0.433 e. The summed E-state index contributed by atoms with van der Waals surface area (Å²) in [6, 6.07) is 36.4. The lowest BCUT2D eigenvalue weighted by Gasteiger charge is -2.28. The number of allylic oxidation sites excluding steroid dienone is 1. The van der Waals surface area contributed by atoms with Gasteiger partial charge in [0.1, 0.15) is 5.70 Å². The molecule has 0 amide bonds. The van der Waals surface area contributed by atoms with Gasteiger partial charge in [0, 0.05) is 15.9 Å². The lowest BCUT2D eigenvalue weighted by atomic mass is 10.2. The SMILES string of the molecule is FC(F)(F)/C(=C\c1ccccc1)N=P(c1ccccc1)(c1ccccc1)c1ccccc1. The summed E-state index contributed by atoms with van der Waals surface area (Å²) in [5.41, 5.74) is -0.440. The molecule has 0 saturated heterocycles. The Hall–Kier alpha value is -3.36. The molecule has 0 heterocycles. The van der Waals surface area contributed by atoms with Crippen molar-refractivity contribution in [1.29, 1.82) is 0 Å². The van der Waals surface area contributed by atoms with Crippen LogP contribution in [0.1, 0.15) is 5.56 Å². The number of hydrogen-bond acceptors (Lipinski definition) is 1. The van der Waals surface area contributed by atoms with Gasteiger partial charge in [-0.15, -0.1) is 0 Å². The molecule has 1 nitrogen and oxygen atoms in total. The summed E-state index contributed by atoms with van der Waals surface area (Å²) in [7, 11) is -3.01. The van der Waals surface area contributed by atoms with E-state index >= 15 is 0 Å². The molecule has 0 aliphatic rings. The molecule has 32 heavy (non-hydrogen) atoms. The van der Waals surface area contributed by atoms with E-state index in [4.69, 9.17) is 0 Å². The van der Waals surface area contributed by atoms with Gasteiger partial charge in [-0.25, -0.2) is 4.74 Å². The minimum Gasteiger partial charge on any atom is -0.249 e. The van der Waals surface area contributed by atoms with E-state index in [2.05, 4.69) is 4.74 Å². The van der Waals surface area contributed by atoms with E-state index in [1.807, 2.05) is 91.0 Å². The average Bonchev–Trinajstić information content (AvgIpc) is 2.83. The quantitative estimate of drug-likeness (QED) is 0.300. The van der Waals surface area contributed by atoms with Gasteiger partial charge in [-0.1, -0.05) is 121 Å². The van der Waals surface area contributed by atoms with E-state index in [0.29, 0.717) is 5.56 Å². The molecule has 0 atom stereocenters. The van der Waals surface area contributed by atoms with E-state index < -0.39 is 18.9 Å². The van der Waals surface area contributed by atoms with Crippen molar-refractivity contribution in [2.45, 2.75) is 6.18 Å². The van der Waals surface area contributed by atoms with Gasteiger partial charge >= 0.3 is 6.18 Å². The second kappa shape index (κ2) is 9.42. The Labute approximate surface area is 185 Å². The maximum absolute atomic E-state index is 14.3. The molecule has 160 valence electrons. The van der Waals surface area contributed by atoms with Crippen molar-refractivity contribution in [3.05, 3.63) is 133 Å². The van der Waals surface area contributed by atoms with Crippen LogP contribution in [0, 0.1) is 0 Å². The molecule has 0 radical (unpaired) electrons. The third-order valence-corrected chi connectivity index (χ3v) is 8.69. The molecule has 4 rings (SSSR count). The van der Waals surface area contributed by atoms with Gasteiger partial charge < -0.3 is 0 Å². The molecule has 0 bridgehead atoms. The van der Waals surface area contributed by atoms with Crippen LogP contribution in [-0.4, -0.2) is 6.18 Å². The highest BCUT2D eigenvalue weighted by molar-refractivity contribution is 7.87. The predicted octanol–water partition coefficient (Wildman–Crippen LogP) is 6.77. The molecule has 0 unspecified atom stereocenters. The molecule has 5 heteroatoms. The first-order valence-corrected chi connectivity index (χ1v) is 11.9. The summed E-state index contributed by atoms with van der Waals surface area (Å²) in [6.07, 6.45) is -3.48. The van der Waals surface area contributed by atoms with Crippen molar-refractivity contribution < 1.29 is 13.2 Å². The fourth-order valence-corrected chi connectivity index (χ4v) is 7.13. The lowest BCUT2D eigenvalue weighted by molar-refractivity contribution is -0.0911. The highest BCUT2D eigenvalue weighted by Gasteiger charge is 2.37. The zero-order chi connectivity index (χ0) is 22.4. The highest BCUT2D eigenvalue weighted by Crippen LogP contribution is 2.50. The Morgan fingerprint density at radius 1 is 0.562 bits per heavy atom. The van der Waals surface area contributed by atoms with Crippen molar-refractivity contribution in [1.82, 2.24) is 0 Å². The minimum absolute atomic E-state index is 0.455. The molecule has 0 fully saturated rings. The third kappa shape index (κ3) is 4.61. The van der Waals surface area contributed by atoms with Gasteiger partial charge in [0.05, 0.1) is 7.05 Å². The fourth-order valence-electron chi connectivity index (χ4n) is 3.59. The van der Waals surface area contributed by atoms with E-state index in [9.17, 15) is 13.2 Å². The monoisotopic (exact) mass is 447 g/mol. The van der Waals surface area contributed by atoms with Crippen molar-refractivity contribution in [2.24, 2.45) is 4.74 Å². The van der Waals surface area contributed by atoms with Gasteiger partial charge in [-0.3, -0.25) is 0 Å². The number of nitrogens with zero attached hydrogens (tertiary/aromatic N) is 1. The summed E-state index contributed by atoms with van der Waals surface area (Å²) < 4.78 is 47.6. The highest BCUT2D eigenvalue weighted by atomic mass is 31.2. The first-order chi connectivity index (χ1) is 15.5. The fraction of sp³-hybridized carbons (Fsp3) is 0.0370. The molecule has 0 N–H and O–H groups in total. The summed E-state index contributed by atoms with van der Waals surface area (Å²) in [6.45, 7) is 0. The van der Waals surface area contributed by atoms with Crippen molar-refractivity contribution in [3.63, 3.8) is 0 Å². The van der Waals surface area contributed by atoms with Crippen LogP contribution in [0.4, 0.5) is 13.2 Å². The summed E-state index contributed by atoms with van der Waals surface area (Å²) >= 11 is 0. The van der Waals surface area contributed by atoms with E-state index in [0.717, 1.165) is 22.0 Å². The van der Waals surface area contributed by atoms with Gasteiger partial charge in [-0.05, 0) is 11.6 Å². The van der Waals surface area contributed by atoms with Gasteiger partial charge in [0.15, 0.2) is 0 Å². The standard InChI is InChI=1S/C27H21F3NP/c28-27(29,30)26(21-22-13-5-1-6-14-22)31-32(23-15-7-2-8-16-23,24-17-9-3-10-18-24)25-19-11-4-12-20-25/h1-21H/b26-21+. The molecule has 4 aromatic carbocycles. The van der Waals surface area contributed by atoms with Crippen LogP contribution in [-0.2, 0) is 0 Å². The van der Waals surface area contributed by atoms with Crippen molar-refractivity contribution in [2.75, 3.05) is 0 Å². The molecule has 0 aromatic heterocycles. The predicted molar refractivity (Wildman–Crippen MR) is 128 cm³/mol. The van der Waals surface area contributed by atoms with Crippen molar-refractivity contribution in [3.8, 4) is 0 Å². The number of halogens is 3. The smallest absolute Gasteiger partial charge is 0.249 e. The Bertz CT molecular complexity index is 1130. The lowest BCUT2D eigenvalue weighted by Crippen LogP contribution is -2.26. The minimum atomic E-state index is -4.61. The van der Waals surface area contributed by atoms with Gasteiger partial charge in [0.25, 0.3) is 0 Å². The number of alkyl halides is 3. The normalized spacial score (nSPS) is 12.4. The Balaban J connectivity index is 2.13. The van der Waals surface area contributed by atoms with Gasteiger partial charge in [-0.2, -0.15) is 13.2 Å². The van der Waals surface area contributed by atoms with Crippen LogP contribution in [0.5, 0.6) is 0 Å². The average molecular weight is 447 g/mol. The molecule has 0 aliphatic heterocycles. The molecular formula is C27H21F3NP. The second-order valence-electron chi connectivity index (χ2n) is 7.18. The Kier molecular flexibility index (Phi) is 6.43. The molecule has 4 aromatic rings. The number of hydrogen-bond donors (Lipinski definition) is 0. The maximum atomic E-state index is 14.3. The van der Waals surface area contributed by atoms with Gasteiger partial charge in [0.2, 0.25) is 0 Å². The largest absolute Gasteiger partial charge is 0.433 e. The van der Waals surface area contributed by atoms with Crippen LogP contribution >= 0.6 is 7.05 Å². The molecular weight excluding hydrogens is 426 g/mol. The van der Waals surface area contributed by atoms with E-state index in [-0.39, 0.29) is 0 Å². The van der Waals surface area contributed by atoms with Crippen molar-refractivity contribution >= 4 is 29.0 Å². The molecule has 0 spiro atoms. The van der Waals surface area contributed by atoms with Crippen LogP contribution < -0.4 is 15.9 Å². The molecule has 0 saturated carbocycles. The molecule has 0 aliphatic carbocycles. The first kappa shape index (κ1) is 21.9. The van der Waals surface area contributed by atoms with E-state index in [1.54, 1.807) is 30.3 Å². The number of rotatable bonds is 5. The van der Waals surface area contributed by atoms with Crippen LogP contribution in [0.2, 0.25) is 0 Å². The zero-order valence-corrected chi connectivity index (χ0v) is 18.0. The summed E-state index contributed by atoms with van der Waals surface area (Å²) in [5, 5.41) is 2.29. The number of benzene rings is 4. The first-order valence-electron chi connectivity index (χ1n) is 10.1. The second-order valence-corrected chi connectivity index (χ2v) is 10.2. The topological polar surface area (TPSA) is 12.4 Å². The summed E-state index contributed by atoms with van der Waals surface area (Å²) in [5.74, 6) is 0. The van der Waals surface area contributed by atoms with Crippen LogP contribution in [0.15, 0.2) is 132 Å². The van der Waals surface area contributed by atoms with Crippen LogP contribution in [0.3, 0.4) is 0 Å². The Morgan fingerprint density at radius 2 is 0.906 bits per heavy atom. The Morgan fingerprint density at radius 3 is 1.25 bits per heavy atom. The van der Waals surface area contributed by atoms with E-state index in [1.165, 1.54) is 0 Å². The third-order valence-electron chi connectivity index (χ3n) is 5.04. The summed E-state index contributed by atoms with van der Waals surface area (Å²) in [4.78, 5) is 0.